The molecule has 0 aliphatic carbocycles. The highest BCUT2D eigenvalue weighted by Crippen LogP contribution is 2.39. The van der Waals surface area contributed by atoms with Crippen LogP contribution in [0.15, 0.2) is 42.6 Å². The molecule has 0 atom stereocenters. The molecule has 1 aromatic carbocycles. The highest BCUT2D eigenvalue weighted by atomic mass is 32.1. The fraction of sp³-hybridized carbons (Fsp3) is 0.182. The van der Waals surface area contributed by atoms with Gasteiger partial charge >= 0.3 is 6.18 Å². The average molecular weight is 505 g/mol. The molecule has 0 bridgehead atoms. The van der Waals surface area contributed by atoms with Gasteiger partial charge in [-0.15, -0.1) is 11.3 Å². The van der Waals surface area contributed by atoms with Gasteiger partial charge in [-0.3, -0.25) is 9.59 Å². The summed E-state index contributed by atoms with van der Waals surface area (Å²) in [5.74, 6) is -0.361. The van der Waals surface area contributed by atoms with Crippen molar-refractivity contribution in [2.75, 3.05) is 12.4 Å². The summed E-state index contributed by atoms with van der Waals surface area (Å²) in [6, 6.07) is 9.16. The molecular formula is C22H18F3N5O4S. The molecule has 13 heteroatoms. The van der Waals surface area contributed by atoms with E-state index in [2.05, 4.69) is 15.4 Å². The standard InChI is InChI=1S/C22H18F3N5O4S/c1-11-9-15(22(23,24)25)27-21-16(11)17(18(35-21)19(26)31)28-20(32)14-7-8-30(29-14)10-34-13-5-3-12(33-2)4-6-13/h3-9H,10H2,1-2H3,(H2,26,31)(H,28,32). The van der Waals surface area contributed by atoms with Gasteiger partial charge in [0.05, 0.1) is 12.8 Å². The number of ether oxygens (including phenoxy) is 2. The fourth-order valence-electron chi connectivity index (χ4n) is 3.27. The lowest BCUT2D eigenvalue weighted by Gasteiger charge is -2.09. The van der Waals surface area contributed by atoms with Crippen molar-refractivity contribution in [2.24, 2.45) is 5.73 Å². The van der Waals surface area contributed by atoms with Gasteiger partial charge in [0.15, 0.2) is 12.4 Å². The van der Waals surface area contributed by atoms with Crippen LogP contribution in [0.4, 0.5) is 18.9 Å². The van der Waals surface area contributed by atoms with E-state index in [4.69, 9.17) is 15.2 Å². The molecule has 3 N–H and O–H groups in total. The van der Waals surface area contributed by atoms with E-state index in [9.17, 15) is 22.8 Å². The van der Waals surface area contributed by atoms with Crippen molar-refractivity contribution in [2.45, 2.75) is 19.8 Å². The maximum absolute atomic E-state index is 13.2. The van der Waals surface area contributed by atoms with E-state index in [1.807, 2.05) is 0 Å². The van der Waals surface area contributed by atoms with E-state index in [-0.39, 0.29) is 38.8 Å². The predicted octanol–water partition coefficient (Wildman–Crippen LogP) is 4.22. The molecule has 3 aromatic heterocycles. The monoisotopic (exact) mass is 505 g/mol. The molecule has 0 aliphatic heterocycles. The Balaban J connectivity index is 1.56. The van der Waals surface area contributed by atoms with Gasteiger partial charge in [0.2, 0.25) is 0 Å². The molecule has 9 nitrogen and oxygen atoms in total. The number of alkyl halides is 3. The van der Waals surface area contributed by atoms with E-state index >= 15 is 0 Å². The van der Waals surface area contributed by atoms with E-state index in [1.54, 1.807) is 31.4 Å². The number of hydrogen-bond donors (Lipinski definition) is 2. The molecule has 0 saturated carbocycles. The number of nitrogens with one attached hydrogen (secondary N) is 1. The number of nitrogens with zero attached hydrogens (tertiary/aromatic N) is 3. The van der Waals surface area contributed by atoms with Crippen molar-refractivity contribution in [1.82, 2.24) is 14.8 Å². The van der Waals surface area contributed by atoms with Crippen molar-refractivity contribution < 1.29 is 32.2 Å². The Hall–Kier alpha value is -4.13. The summed E-state index contributed by atoms with van der Waals surface area (Å²) in [5, 5.41) is 6.89. The molecule has 4 aromatic rings. The molecule has 3 heterocycles. The first kappa shape index (κ1) is 24.0. The van der Waals surface area contributed by atoms with Crippen LogP contribution in [0.3, 0.4) is 0 Å². The predicted molar refractivity (Wildman–Crippen MR) is 122 cm³/mol. The van der Waals surface area contributed by atoms with E-state index in [0.717, 1.165) is 6.07 Å². The minimum absolute atomic E-state index is 0.00405. The molecule has 0 fully saturated rings. The number of rotatable bonds is 7. The first-order valence-electron chi connectivity index (χ1n) is 9.99. The normalized spacial score (nSPS) is 11.5. The van der Waals surface area contributed by atoms with Gasteiger partial charge in [0, 0.05) is 11.6 Å². The van der Waals surface area contributed by atoms with Gasteiger partial charge in [0.1, 0.15) is 26.9 Å². The van der Waals surface area contributed by atoms with Crippen LogP contribution in [0.2, 0.25) is 0 Å². The number of aryl methyl sites for hydroxylation is 1. The summed E-state index contributed by atoms with van der Waals surface area (Å²) in [4.78, 5) is 28.2. The van der Waals surface area contributed by atoms with Gasteiger partial charge in [0.25, 0.3) is 11.8 Å². The lowest BCUT2D eigenvalue weighted by molar-refractivity contribution is -0.141. The quantitative estimate of drug-likeness (QED) is 0.388. The van der Waals surface area contributed by atoms with E-state index in [0.29, 0.717) is 22.8 Å². The van der Waals surface area contributed by atoms with Crippen LogP contribution in [0, 0.1) is 6.92 Å². The Morgan fingerprint density at radius 1 is 1.17 bits per heavy atom. The van der Waals surface area contributed by atoms with Crippen LogP contribution in [0.5, 0.6) is 11.5 Å². The Kier molecular flexibility index (Phi) is 6.35. The number of halogens is 3. The number of primary amides is 1. The SMILES string of the molecule is COc1ccc(OCn2ccc(C(=O)Nc3c(C(N)=O)sc4nc(C(F)(F)F)cc(C)c34)n2)cc1. The number of pyridine rings is 1. The number of methoxy groups -OCH3 is 1. The number of fused-ring (bicyclic) bond motifs is 1. The van der Waals surface area contributed by atoms with Crippen molar-refractivity contribution in [3.8, 4) is 11.5 Å². The Labute approximate surface area is 200 Å². The Morgan fingerprint density at radius 2 is 1.86 bits per heavy atom. The van der Waals surface area contributed by atoms with Crippen LogP contribution in [0.1, 0.15) is 31.4 Å². The first-order valence-corrected chi connectivity index (χ1v) is 10.8. The number of aromatic nitrogens is 3. The van der Waals surface area contributed by atoms with Crippen LogP contribution in [-0.2, 0) is 12.9 Å². The Morgan fingerprint density at radius 3 is 2.49 bits per heavy atom. The van der Waals surface area contributed by atoms with Gasteiger partial charge in [-0.1, -0.05) is 0 Å². The van der Waals surface area contributed by atoms with Gasteiger partial charge < -0.3 is 20.5 Å². The third-order valence-electron chi connectivity index (χ3n) is 4.91. The summed E-state index contributed by atoms with van der Waals surface area (Å²) in [5.41, 5.74) is 4.47. The van der Waals surface area contributed by atoms with E-state index < -0.39 is 23.7 Å². The molecule has 35 heavy (non-hydrogen) atoms. The molecular weight excluding hydrogens is 487 g/mol. The highest BCUT2D eigenvalue weighted by Gasteiger charge is 2.34. The smallest absolute Gasteiger partial charge is 0.433 e. The average Bonchev–Trinajstić information content (AvgIpc) is 3.43. The van der Waals surface area contributed by atoms with Gasteiger partial charge in [-0.05, 0) is 48.9 Å². The minimum Gasteiger partial charge on any atom is -0.497 e. The van der Waals surface area contributed by atoms with Crippen LogP contribution in [0.25, 0.3) is 10.2 Å². The first-order chi connectivity index (χ1) is 16.6. The fourth-order valence-corrected chi connectivity index (χ4v) is 4.32. The number of thiophene rings is 1. The summed E-state index contributed by atoms with van der Waals surface area (Å²) in [6.45, 7) is 1.44. The van der Waals surface area contributed by atoms with Crippen molar-refractivity contribution >= 4 is 39.1 Å². The molecule has 182 valence electrons. The number of carbonyl (C=O) groups is 2. The lowest BCUT2D eigenvalue weighted by atomic mass is 10.1. The second-order valence-corrected chi connectivity index (χ2v) is 8.32. The Bertz CT molecular complexity index is 1410. The largest absolute Gasteiger partial charge is 0.497 e. The topological polar surface area (TPSA) is 121 Å². The van der Waals surface area contributed by atoms with Crippen molar-refractivity contribution in [3.63, 3.8) is 0 Å². The maximum atomic E-state index is 13.2. The van der Waals surface area contributed by atoms with Gasteiger partial charge in [-0.25, -0.2) is 9.67 Å². The van der Waals surface area contributed by atoms with Crippen LogP contribution < -0.4 is 20.5 Å². The number of hydrogen-bond acceptors (Lipinski definition) is 7. The summed E-state index contributed by atoms with van der Waals surface area (Å²) in [7, 11) is 1.55. The summed E-state index contributed by atoms with van der Waals surface area (Å²) in [6.07, 6.45) is -3.15. The summed E-state index contributed by atoms with van der Waals surface area (Å²) < 4.78 is 51.5. The molecule has 0 saturated heterocycles. The third kappa shape index (κ3) is 5.04. The van der Waals surface area contributed by atoms with Crippen molar-refractivity contribution in [1.29, 1.82) is 0 Å². The third-order valence-corrected chi connectivity index (χ3v) is 6.01. The second kappa shape index (κ2) is 9.25. The number of amides is 2. The zero-order valence-electron chi connectivity index (χ0n) is 18.3. The minimum atomic E-state index is -4.67. The lowest BCUT2D eigenvalue weighted by Crippen LogP contribution is -2.18. The number of anilines is 1. The van der Waals surface area contributed by atoms with Crippen LogP contribution >= 0.6 is 11.3 Å². The van der Waals surface area contributed by atoms with Crippen molar-refractivity contribution in [3.05, 3.63) is 64.4 Å². The van der Waals surface area contributed by atoms with Crippen LogP contribution in [-0.4, -0.2) is 33.7 Å². The zero-order valence-corrected chi connectivity index (χ0v) is 19.2. The van der Waals surface area contributed by atoms with Gasteiger partial charge in [-0.2, -0.15) is 18.3 Å². The molecule has 2 amide bonds. The number of carbonyl (C=O) groups excluding carboxylic acids is 2. The molecule has 0 aliphatic rings. The molecule has 4 rings (SSSR count). The molecule has 0 unspecified atom stereocenters. The zero-order chi connectivity index (χ0) is 25.3. The van der Waals surface area contributed by atoms with E-state index in [1.165, 1.54) is 23.9 Å². The molecule has 0 radical (unpaired) electrons. The summed E-state index contributed by atoms with van der Waals surface area (Å²) >= 11 is 0.672. The second-order valence-electron chi connectivity index (χ2n) is 7.32. The highest BCUT2D eigenvalue weighted by molar-refractivity contribution is 7.21. The number of nitrogens with two attached hydrogens (primary N) is 1. The molecule has 0 spiro atoms. The maximum Gasteiger partial charge on any atom is 0.433 e. The number of benzene rings is 1.